The summed E-state index contributed by atoms with van der Waals surface area (Å²) in [5.41, 5.74) is -0.227. The molecule has 0 fully saturated rings. The van der Waals surface area contributed by atoms with E-state index in [1.54, 1.807) is 7.05 Å². The lowest BCUT2D eigenvalue weighted by atomic mass is 10.2. The normalized spacial score (nSPS) is 12.8. The smallest absolute Gasteiger partial charge is 0.386 e. The van der Waals surface area contributed by atoms with Crippen LogP contribution in [0.1, 0.15) is 11.3 Å². The summed E-state index contributed by atoms with van der Waals surface area (Å²) in [6.07, 6.45) is 1.37. The summed E-state index contributed by atoms with van der Waals surface area (Å²) in [6.45, 7) is 0. The van der Waals surface area contributed by atoms with Crippen LogP contribution in [0, 0.1) is 0 Å². The van der Waals surface area contributed by atoms with Gasteiger partial charge in [0.15, 0.2) is 0 Å². The molecular weight excluding hydrogens is 245 g/mol. The van der Waals surface area contributed by atoms with Crippen LogP contribution in [0.25, 0.3) is 5.70 Å². The molecule has 3 nitrogen and oxygen atoms in total. The average Bonchev–Trinajstić information content (AvgIpc) is 2.34. The van der Waals surface area contributed by atoms with Gasteiger partial charge in [-0.25, -0.2) is 0 Å². The van der Waals surface area contributed by atoms with Gasteiger partial charge >= 0.3 is 6.18 Å². The van der Waals surface area contributed by atoms with Crippen LogP contribution in [0.4, 0.5) is 13.2 Å². The lowest BCUT2D eigenvalue weighted by molar-refractivity contribution is -0.137. The Morgan fingerprint density at radius 3 is 2.67 bits per heavy atom. The molecule has 1 N–H and O–H groups in total. The van der Waals surface area contributed by atoms with E-state index in [1.165, 1.54) is 18.2 Å². The molecule has 0 aliphatic carbocycles. The Labute approximate surface area is 102 Å². The summed E-state index contributed by atoms with van der Waals surface area (Å²) >= 11 is 0. The van der Waals surface area contributed by atoms with Crippen LogP contribution in [-0.2, 0) is 11.0 Å². The molecule has 0 amide bonds. The molecule has 6 heteroatoms. The SMILES string of the molecule is CN/C(=C\C=C/C=O)c1cc(C(F)(F)F)ccn1. The number of halogens is 3. The number of alkyl halides is 3. The standard InChI is InChI=1S/C12H11F3N2O/c1-16-10(4-2-3-7-18)11-8-9(5-6-17-11)12(13,14)15/h2-8,16H,1H3/b3-2-,10-4-. The fourth-order valence-electron chi connectivity index (χ4n) is 1.25. The highest BCUT2D eigenvalue weighted by atomic mass is 19.4. The van der Waals surface area contributed by atoms with Gasteiger partial charge in [-0.05, 0) is 24.3 Å². The van der Waals surface area contributed by atoms with Crippen molar-refractivity contribution in [3.63, 3.8) is 0 Å². The Kier molecular flexibility index (Phi) is 4.65. The second kappa shape index (κ2) is 6.00. The lowest BCUT2D eigenvalue weighted by Gasteiger charge is -2.09. The first-order valence-electron chi connectivity index (χ1n) is 5.02. The molecule has 0 aromatic carbocycles. The number of pyridine rings is 1. The Hall–Kier alpha value is -2.11. The fraction of sp³-hybridized carbons (Fsp3) is 0.167. The third-order valence-corrected chi connectivity index (χ3v) is 2.09. The van der Waals surface area contributed by atoms with Crippen molar-refractivity contribution in [1.29, 1.82) is 0 Å². The molecule has 1 rings (SSSR count). The maximum atomic E-state index is 12.5. The molecule has 0 aliphatic rings. The van der Waals surface area contributed by atoms with Gasteiger partial charge in [-0.3, -0.25) is 9.78 Å². The summed E-state index contributed by atoms with van der Waals surface area (Å²) in [5.74, 6) is 0. The quantitative estimate of drug-likeness (QED) is 0.511. The van der Waals surface area contributed by atoms with Crippen LogP contribution >= 0.6 is 0 Å². The highest BCUT2D eigenvalue weighted by Gasteiger charge is 2.30. The minimum absolute atomic E-state index is 0.155. The molecular formula is C12H11F3N2O. The molecule has 0 aliphatic heterocycles. The molecule has 1 aromatic rings. The molecule has 1 aromatic heterocycles. The second-order valence-electron chi connectivity index (χ2n) is 3.28. The highest BCUT2D eigenvalue weighted by Crippen LogP contribution is 2.29. The van der Waals surface area contributed by atoms with Crippen LogP contribution < -0.4 is 5.32 Å². The van der Waals surface area contributed by atoms with Gasteiger partial charge in [0.05, 0.1) is 17.0 Å². The number of aromatic nitrogens is 1. The summed E-state index contributed by atoms with van der Waals surface area (Å²) in [6, 6.07) is 1.84. The molecule has 0 saturated carbocycles. The fourth-order valence-corrected chi connectivity index (χ4v) is 1.25. The first-order valence-corrected chi connectivity index (χ1v) is 5.02. The van der Waals surface area contributed by atoms with E-state index in [0.717, 1.165) is 18.3 Å². The minimum atomic E-state index is -4.41. The first kappa shape index (κ1) is 14.0. The maximum Gasteiger partial charge on any atom is 0.416 e. The molecule has 0 bridgehead atoms. The largest absolute Gasteiger partial charge is 0.416 e. The summed E-state index contributed by atoms with van der Waals surface area (Å²) in [4.78, 5) is 13.9. The predicted octanol–water partition coefficient (Wildman–Crippen LogP) is 2.42. The topological polar surface area (TPSA) is 42.0 Å². The van der Waals surface area contributed by atoms with E-state index in [4.69, 9.17) is 0 Å². The van der Waals surface area contributed by atoms with Crippen molar-refractivity contribution in [2.45, 2.75) is 6.18 Å². The third-order valence-electron chi connectivity index (χ3n) is 2.09. The molecule has 0 spiro atoms. The average molecular weight is 256 g/mol. The zero-order valence-electron chi connectivity index (χ0n) is 9.53. The van der Waals surface area contributed by atoms with Crippen LogP contribution in [0.2, 0.25) is 0 Å². The van der Waals surface area contributed by atoms with E-state index in [2.05, 4.69) is 10.3 Å². The van der Waals surface area contributed by atoms with Gasteiger partial charge in [-0.15, -0.1) is 0 Å². The third kappa shape index (κ3) is 3.73. The van der Waals surface area contributed by atoms with Crippen molar-refractivity contribution in [1.82, 2.24) is 10.3 Å². The van der Waals surface area contributed by atoms with Crippen molar-refractivity contribution in [2.75, 3.05) is 7.05 Å². The van der Waals surface area contributed by atoms with Gasteiger partial charge in [0, 0.05) is 13.2 Å². The zero-order valence-corrected chi connectivity index (χ0v) is 9.53. The number of nitrogens with zero attached hydrogens (tertiary/aromatic N) is 1. The lowest BCUT2D eigenvalue weighted by Crippen LogP contribution is -2.10. The van der Waals surface area contributed by atoms with Crippen LogP contribution in [0.5, 0.6) is 0 Å². The molecule has 18 heavy (non-hydrogen) atoms. The number of hydrogen-bond donors (Lipinski definition) is 1. The van der Waals surface area contributed by atoms with E-state index < -0.39 is 11.7 Å². The van der Waals surface area contributed by atoms with E-state index in [1.807, 2.05) is 0 Å². The highest BCUT2D eigenvalue weighted by molar-refractivity contribution is 5.68. The first-order chi connectivity index (χ1) is 8.49. The number of aldehydes is 1. The van der Waals surface area contributed by atoms with Gasteiger partial charge in [-0.1, -0.05) is 6.08 Å². The van der Waals surface area contributed by atoms with Crippen molar-refractivity contribution in [3.8, 4) is 0 Å². The van der Waals surface area contributed by atoms with Gasteiger partial charge in [0.1, 0.15) is 6.29 Å². The number of carbonyl (C=O) groups excluding carboxylic acids is 1. The Morgan fingerprint density at radius 2 is 2.11 bits per heavy atom. The van der Waals surface area contributed by atoms with Gasteiger partial charge in [0.25, 0.3) is 0 Å². The molecule has 96 valence electrons. The molecule has 0 saturated heterocycles. The van der Waals surface area contributed by atoms with Gasteiger partial charge in [-0.2, -0.15) is 13.2 Å². The number of nitrogens with one attached hydrogen (secondary N) is 1. The molecule has 0 atom stereocenters. The Balaban J connectivity index is 3.11. The molecule has 0 radical (unpaired) electrons. The van der Waals surface area contributed by atoms with E-state index in [-0.39, 0.29) is 5.69 Å². The van der Waals surface area contributed by atoms with Crippen molar-refractivity contribution >= 4 is 12.0 Å². The minimum Gasteiger partial charge on any atom is -0.386 e. The van der Waals surface area contributed by atoms with Gasteiger partial charge in [0.2, 0.25) is 0 Å². The Bertz CT molecular complexity index is 478. The summed E-state index contributed by atoms with van der Waals surface area (Å²) in [5, 5.41) is 2.72. The number of allylic oxidation sites excluding steroid dienone is 3. The predicted molar refractivity (Wildman–Crippen MR) is 61.5 cm³/mol. The maximum absolute atomic E-state index is 12.5. The van der Waals surface area contributed by atoms with E-state index in [9.17, 15) is 18.0 Å². The Morgan fingerprint density at radius 1 is 1.39 bits per heavy atom. The molecule has 1 heterocycles. The second-order valence-corrected chi connectivity index (χ2v) is 3.28. The number of carbonyl (C=O) groups is 1. The number of rotatable bonds is 4. The van der Waals surface area contributed by atoms with Crippen LogP contribution in [0.3, 0.4) is 0 Å². The molecule has 0 unspecified atom stereocenters. The van der Waals surface area contributed by atoms with Crippen molar-refractivity contribution in [2.24, 2.45) is 0 Å². The van der Waals surface area contributed by atoms with Crippen LogP contribution in [0.15, 0.2) is 36.6 Å². The van der Waals surface area contributed by atoms with Crippen molar-refractivity contribution < 1.29 is 18.0 Å². The van der Waals surface area contributed by atoms with E-state index in [0.29, 0.717) is 12.0 Å². The number of hydrogen-bond acceptors (Lipinski definition) is 3. The van der Waals surface area contributed by atoms with E-state index >= 15 is 0 Å². The van der Waals surface area contributed by atoms with Crippen LogP contribution in [-0.4, -0.2) is 18.3 Å². The van der Waals surface area contributed by atoms with Crippen molar-refractivity contribution in [3.05, 3.63) is 47.8 Å². The zero-order chi connectivity index (χ0) is 13.6. The van der Waals surface area contributed by atoms with Gasteiger partial charge < -0.3 is 5.32 Å². The summed E-state index contributed by atoms with van der Waals surface area (Å²) in [7, 11) is 1.56. The summed E-state index contributed by atoms with van der Waals surface area (Å²) < 4.78 is 37.5. The monoisotopic (exact) mass is 256 g/mol.